The Morgan fingerprint density at radius 1 is 0.931 bits per heavy atom. The Balaban J connectivity index is 1.45. The molecule has 0 aliphatic carbocycles. The standard InChI is InChI=1S/C22H18N4O3/c27-26(28)20-10-5-9-19(13-20)22-23-16-25(24-22)14-18-8-4-11-21(12-18)29-15-17-6-2-1-3-7-17/h1-13,16H,14-15H2. The van der Waals surface area contributed by atoms with Gasteiger partial charge in [-0.3, -0.25) is 10.1 Å². The molecule has 0 N–H and O–H groups in total. The summed E-state index contributed by atoms with van der Waals surface area (Å²) in [4.78, 5) is 14.8. The van der Waals surface area contributed by atoms with Crippen LogP contribution in [0.15, 0.2) is 85.2 Å². The lowest BCUT2D eigenvalue weighted by atomic mass is 10.2. The maximum absolute atomic E-state index is 11.0. The molecule has 1 aromatic heterocycles. The van der Waals surface area contributed by atoms with E-state index in [4.69, 9.17) is 4.74 Å². The molecule has 0 fully saturated rings. The third-order valence-corrected chi connectivity index (χ3v) is 4.34. The van der Waals surface area contributed by atoms with E-state index >= 15 is 0 Å². The molecule has 3 aromatic carbocycles. The lowest BCUT2D eigenvalue weighted by Gasteiger charge is -2.08. The zero-order chi connectivity index (χ0) is 20.1. The molecule has 4 aromatic rings. The fourth-order valence-electron chi connectivity index (χ4n) is 2.92. The SMILES string of the molecule is O=[N+]([O-])c1cccc(-c2ncn(Cc3cccc(OCc4ccccc4)c3)n2)c1. The molecule has 1 heterocycles. The van der Waals surface area contributed by atoms with Crippen LogP contribution in [-0.4, -0.2) is 19.7 Å². The summed E-state index contributed by atoms with van der Waals surface area (Å²) < 4.78 is 7.57. The van der Waals surface area contributed by atoms with Crippen molar-refractivity contribution < 1.29 is 9.66 Å². The maximum atomic E-state index is 11.0. The van der Waals surface area contributed by atoms with E-state index in [1.807, 2.05) is 54.6 Å². The first-order chi connectivity index (χ1) is 14.2. The second-order valence-electron chi connectivity index (χ2n) is 6.49. The molecule has 4 rings (SSSR count). The van der Waals surface area contributed by atoms with Crippen LogP contribution in [0.2, 0.25) is 0 Å². The molecule has 7 nitrogen and oxygen atoms in total. The van der Waals surface area contributed by atoms with E-state index in [1.165, 1.54) is 12.1 Å². The van der Waals surface area contributed by atoms with Crippen molar-refractivity contribution in [1.29, 1.82) is 0 Å². The fourth-order valence-corrected chi connectivity index (χ4v) is 2.92. The minimum absolute atomic E-state index is 0.0158. The molecule has 0 aliphatic rings. The fraction of sp³-hybridized carbons (Fsp3) is 0.0909. The van der Waals surface area contributed by atoms with Gasteiger partial charge < -0.3 is 4.74 Å². The molecule has 0 amide bonds. The smallest absolute Gasteiger partial charge is 0.270 e. The van der Waals surface area contributed by atoms with Gasteiger partial charge in [0.05, 0.1) is 11.5 Å². The van der Waals surface area contributed by atoms with Gasteiger partial charge in [0.1, 0.15) is 18.7 Å². The van der Waals surface area contributed by atoms with Crippen molar-refractivity contribution in [3.63, 3.8) is 0 Å². The van der Waals surface area contributed by atoms with Crippen molar-refractivity contribution >= 4 is 5.69 Å². The van der Waals surface area contributed by atoms with Gasteiger partial charge in [-0.05, 0) is 23.3 Å². The van der Waals surface area contributed by atoms with Gasteiger partial charge in [-0.15, -0.1) is 0 Å². The molecule has 0 saturated heterocycles. The molecule has 0 bridgehead atoms. The number of nitro benzene ring substituents is 1. The van der Waals surface area contributed by atoms with Crippen LogP contribution in [0, 0.1) is 10.1 Å². The van der Waals surface area contributed by atoms with Crippen molar-refractivity contribution in [2.45, 2.75) is 13.2 Å². The second-order valence-corrected chi connectivity index (χ2v) is 6.49. The highest BCUT2D eigenvalue weighted by molar-refractivity contribution is 5.58. The van der Waals surface area contributed by atoms with Gasteiger partial charge in [0.2, 0.25) is 0 Å². The first-order valence-corrected chi connectivity index (χ1v) is 9.07. The van der Waals surface area contributed by atoms with Crippen LogP contribution >= 0.6 is 0 Å². The van der Waals surface area contributed by atoms with E-state index in [2.05, 4.69) is 10.1 Å². The third kappa shape index (κ3) is 4.65. The van der Waals surface area contributed by atoms with Crippen LogP contribution in [0.3, 0.4) is 0 Å². The molecule has 0 aliphatic heterocycles. The molecular weight excluding hydrogens is 368 g/mol. The number of hydrogen-bond acceptors (Lipinski definition) is 5. The van der Waals surface area contributed by atoms with Crippen molar-refractivity contribution in [3.05, 3.63) is 106 Å². The Bertz CT molecular complexity index is 1130. The normalized spacial score (nSPS) is 10.6. The van der Waals surface area contributed by atoms with Crippen molar-refractivity contribution in [2.24, 2.45) is 0 Å². The summed E-state index contributed by atoms with van der Waals surface area (Å²) in [6.07, 6.45) is 1.62. The van der Waals surface area contributed by atoms with E-state index in [1.54, 1.807) is 23.1 Å². The summed E-state index contributed by atoms with van der Waals surface area (Å²) in [6.45, 7) is 1.02. The summed E-state index contributed by atoms with van der Waals surface area (Å²) in [6, 6.07) is 24.1. The number of non-ortho nitro benzene ring substituents is 1. The van der Waals surface area contributed by atoms with Crippen molar-refractivity contribution in [2.75, 3.05) is 0 Å². The first-order valence-electron chi connectivity index (χ1n) is 9.07. The predicted octanol–water partition coefficient (Wildman–Crippen LogP) is 4.48. The number of nitrogens with zero attached hydrogens (tertiary/aromatic N) is 4. The van der Waals surface area contributed by atoms with Crippen molar-refractivity contribution in [3.8, 4) is 17.1 Å². The van der Waals surface area contributed by atoms with Crippen LogP contribution in [0.4, 0.5) is 5.69 Å². The Hall–Kier alpha value is -4.00. The second kappa shape index (κ2) is 8.35. The Morgan fingerprint density at radius 2 is 1.72 bits per heavy atom. The number of hydrogen-bond donors (Lipinski definition) is 0. The quantitative estimate of drug-likeness (QED) is 0.345. The number of aromatic nitrogens is 3. The number of nitro groups is 1. The Morgan fingerprint density at radius 3 is 2.55 bits per heavy atom. The van der Waals surface area contributed by atoms with Crippen LogP contribution in [0.1, 0.15) is 11.1 Å². The van der Waals surface area contributed by atoms with Crippen LogP contribution in [0.5, 0.6) is 5.75 Å². The third-order valence-electron chi connectivity index (χ3n) is 4.34. The summed E-state index contributed by atoms with van der Waals surface area (Å²) in [7, 11) is 0. The average Bonchev–Trinajstić information content (AvgIpc) is 3.22. The minimum Gasteiger partial charge on any atom is -0.489 e. The van der Waals surface area contributed by atoms with Crippen LogP contribution in [0.25, 0.3) is 11.4 Å². The zero-order valence-electron chi connectivity index (χ0n) is 15.5. The molecule has 7 heteroatoms. The lowest BCUT2D eigenvalue weighted by Crippen LogP contribution is -2.01. The van der Waals surface area contributed by atoms with Gasteiger partial charge in [-0.1, -0.05) is 54.6 Å². The molecule has 0 radical (unpaired) electrons. The molecule has 0 atom stereocenters. The van der Waals surface area contributed by atoms with Gasteiger partial charge in [0, 0.05) is 17.7 Å². The number of rotatable bonds is 7. The van der Waals surface area contributed by atoms with Crippen molar-refractivity contribution in [1.82, 2.24) is 14.8 Å². The minimum atomic E-state index is -0.429. The van der Waals surface area contributed by atoms with Gasteiger partial charge in [-0.25, -0.2) is 9.67 Å². The highest BCUT2D eigenvalue weighted by Crippen LogP contribution is 2.21. The molecular formula is C22H18N4O3. The molecule has 0 unspecified atom stereocenters. The monoisotopic (exact) mass is 386 g/mol. The van der Waals surface area contributed by atoms with Crippen LogP contribution in [-0.2, 0) is 13.2 Å². The van der Waals surface area contributed by atoms with E-state index in [0.29, 0.717) is 24.5 Å². The van der Waals surface area contributed by atoms with Crippen LogP contribution < -0.4 is 4.74 Å². The topological polar surface area (TPSA) is 83.1 Å². The Kier molecular flexibility index (Phi) is 5.29. The summed E-state index contributed by atoms with van der Waals surface area (Å²) in [5, 5.41) is 15.4. The van der Waals surface area contributed by atoms with E-state index in [9.17, 15) is 10.1 Å². The maximum Gasteiger partial charge on any atom is 0.270 e. The van der Waals surface area contributed by atoms with Gasteiger partial charge in [-0.2, -0.15) is 5.10 Å². The highest BCUT2D eigenvalue weighted by atomic mass is 16.6. The number of benzene rings is 3. The van der Waals surface area contributed by atoms with E-state index in [0.717, 1.165) is 16.9 Å². The zero-order valence-corrected chi connectivity index (χ0v) is 15.5. The summed E-state index contributed by atoms with van der Waals surface area (Å²) in [5.41, 5.74) is 2.75. The molecule has 144 valence electrons. The summed E-state index contributed by atoms with van der Waals surface area (Å²) >= 11 is 0. The first kappa shape index (κ1) is 18.4. The largest absolute Gasteiger partial charge is 0.489 e. The van der Waals surface area contributed by atoms with E-state index < -0.39 is 4.92 Å². The van der Waals surface area contributed by atoms with E-state index in [-0.39, 0.29) is 5.69 Å². The van der Waals surface area contributed by atoms with Gasteiger partial charge >= 0.3 is 0 Å². The van der Waals surface area contributed by atoms with Gasteiger partial charge in [0.15, 0.2) is 5.82 Å². The molecule has 0 spiro atoms. The molecule has 29 heavy (non-hydrogen) atoms. The predicted molar refractivity (Wildman–Crippen MR) is 108 cm³/mol. The Labute approximate surface area is 167 Å². The highest BCUT2D eigenvalue weighted by Gasteiger charge is 2.10. The average molecular weight is 386 g/mol. The summed E-state index contributed by atoms with van der Waals surface area (Å²) in [5.74, 6) is 1.23. The number of ether oxygens (including phenoxy) is 1. The van der Waals surface area contributed by atoms with Gasteiger partial charge in [0.25, 0.3) is 5.69 Å². The lowest BCUT2D eigenvalue weighted by molar-refractivity contribution is -0.384. The molecule has 0 saturated carbocycles.